The van der Waals surface area contributed by atoms with Crippen molar-refractivity contribution in [3.05, 3.63) is 72.6 Å². The molecule has 6 heteroatoms. The Morgan fingerprint density at radius 3 is 2.59 bits per heavy atom. The Balaban J connectivity index is 1.77. The van der Waals surface area contributed by atoms with Gasteiger partial charge in [0, 0.05) is 29.7 Å². The molecule has 5 nitrogen and oxygen atoms in total. The van der Waals surface area contributed by atoms with Crippen molar-refractivity contribution in [1.82, 2.24) is 9.55 Å². The summed E-state index contributed by atoms with van der Waals surface area (Å²) in [5.74, 6) is -1.31. The highest BCUT2D eigenvalue weighted by Gasteiger charge is 2.10. The minimum absolute atomic E-state index is 0.0153. The van der Waals surface area contributed by atoms with Crippen LogP contribution in [0.25, 0.3) is 5.69 Å². The number of anilines is 1. The molecule has 2 aromatic carbocycles. The molecule has 0 bridgehead atoms. The Bertz CT molecular complexity index is 799. The predicted molar refractivity (Wildman–Crippen MR) is 79.6 cm³/mol. The Kier molecular flexibility index (Phi) is 3.57. The third-order valence-electron chi connectivity index (χ3n) is 3.13. The highest BCUT2D eigenvalue weighted by Crippen LogP contribution is 2.20. The van der Waals surface area contributed by atoms with Crippen LogP contribution < -0.4 is 5.32 Å². The number of amides is 1. The third kappa shape index (κ3) is 2.80. The molecular formula is C16H12FN3O2. The van der Waals surface area contributed by atoms with Crippen LogP contribution in [0, 0.1) is 5.82 Å². The maximum atomic E-state index is 13.6. The standard InChI is InChI=1S/C16H12FN3O2/c17-14-9-13(21)5-6-15(14)19-16(22)11-1-3-12(4-2-11)20-8-7-18-10-20/h1-10,21H,(H,19,22). The molecule has 1 aromatic heterocycles. The Hall–Kier alpha value is -3.15. The summed E-state index contributed by atoms with van der Waals surface area (Å²) in [6, 6.07) is 10.4. The first-order chi connectivity index (χ1) is 10.6. The van der Waals surface area contributed by atoms with Gasteiger partial charge in [0.25, 0.3) is 5.91 Å². The number of nitrogens with one attached hydrogen (secondary N) is 1. The molecule has 0 aliphatic rings. The van der Waals surface area contributed by atoms with Crippen LogP contribution in [0.3, 0.4) is 0 Å². The van der Waals surface area contributed by atoms with Gasteiger partial charge in [-0.2, -0.15) is 0 Å². The highest BCUT2D eigenvalue weighted by atomic mass is 19.1. The Labute approximate surface area is 125 Å². The summed E-state index contributed by atoms with van der Waals surface area (Å²) >= 11 is 0. The van der Waals surface area contributed by atoms with Gasteiger partial charge in [-0.25, -0.2) is 9.37 Å². The number of nitrogens with zero attached hydrogens (tertiary/aromatic N) is 2. The lowest BCUT2D eigenvalue weighted by molar-refractivity contribution is 0.102. The van der Waals surface area contributed by atoms with Crippen molar-refractivity contribution in [2.45, 2.75) is 0 Å². The van der Waals surface area contributed by atoms with Crippen molar-refractivity contribution in [2.24, 2.45) is 0 Å². The van der Waals surface area contributed by atoms with E-state index in [9.17, 15) is 9.18 Å². The number of carbonyl (C=O) groups is 1. The van der Waals surface area contributed by atoms with E-state index in [2.05, 4.69) is 10.3 Å². The minimum atomic E-state index is -0.691. The number of imidazole rings is 1. The first-order valence-corrected chi connectivity index (χ1v) is 6.52. The molecule has 110 valence electrons. The average molecular weight is 297 g/mol. The molecule has 0 unspecified atom stereocenters. The van der Waals surface area contributed by atoms with Gasteiger partial charge in [0.05, 0.1) is 12.0 Å². The van der Waals surface area contributed by atoms with Gasteiger partial charge in [-0.05, 0) is 36.4 Å². The van der Waals surface area contributed by atoms with Crippen LogP contribution in [0.15, 0.2) is 61.2 Å². The van der Waals surface area contributed by atoms with E-state index < -0.39 is 11.7 Å². The van der Waals surface area contributed by atoms with Gasteiger partial charge < -0.3 is 15.0 Å². The zero-order valence-corrected chi connectivity index (χ0v) is 11.4. The summed E-state index contributed by atoms with van der Waals surface area (Å²) in [5, 5.41) is 11.6. The lowest BCUT2D eigenvalue weighted by atomic mass is 10.2. The molecule has 0 saturated carbocycles. The normalized spacial score (nSPS) is 10.4. The number of benzene rings is 2. The van der Waals surface area contributed by atoms with Crippen molar-refractivity contribution in [3.63, 3.8) is 0 Å². The van der Waals surface area contributed by atoms with E-state index in [0.29, 0.717) is 5.56 Å². The second kappa shape index (κ2) is 5.69. The summed E-state index contributed by atoms with van der Waals surface area (Å²) in [6.07, 6.45) is 5.11. The number of hydrogen-bond donors (Lipinski definition) is 2. The number of aromatic hydroxyl groups is 1. The SMILES string of the molecule is O=C(Nc1ccc(O)cc1F)c1ccc(-n2ccnc2)cc1. The maximum Gasteiger partial charge on any atom is 0.255 e. The predicted octanol–water partition coefficient (Wildman–Crippen LogP) is 2.97. The fourth-order valence-corrected chi connectivity index (χ4v) is 2.00. The molecule has 0 saturated heterocycles. The molecule has 3 aromatic rings. The Morgan fingerprint density at radius 1 is 1.18 bits per heavy atom. The molecule has 3 rings (SSSR count). The van der Waals surface area contributed by atoms with Gasteiger partial charge in [-0.3, -0.25) is 4.79 Å². The highest BCUT2D eigenvalue weighted by molar-refractivity contribution is 6.04. The quantitative estimate of drug-likeness (QED) is 0.730. The molecule has 0 aliphatic carbocycles. The summed E-state index contributed by atoms with van der Waals surface area (Å²) in [6.45, 7) is 0. The smallest absolute Gasteiger partial charge is 0.255 e. The van der Waals surface area contributed by atoms with E-state index in [4.69, 9.17) is 5.11 Å². The molecule has 0 spiro atoms. The van der Waals surface area contributed by atoms with Gasteiger partial charge in [-0.1, -0.05) is 0 Å². The molecule has 1 amide bonds. The largest absolute Gasteiger partial charge is 0.508 e. The van der Waals surface area contributed by atoms with Crippen molar-refractivity contribution < 1.29 is 14.3 Å². The lowest BCUT2D eigenvalue weighted by Gasteiger charge is -2.08. The first-order valence-electron chi connectivity index (χ1n) is 6.52. The molecule has 0 atom stereocenters. The monoisotopic (exact) mass is 297 g/mol. The average Bonchev–Trinajstić information content (AvgIpc) is 3.04. The number of phenols is 1. The molecule has 0 radical (unpaired) electrons. The maximum absolute atomic E-state index is 13.6. The summed E-state index contributed by atoms with van der Waals surface area (Å²) in [7, 11) is 0. The van der Waals surface area contributed by atoms with Crippen LogP contribution in [0.5, 0.6) is 5.75 Å². The number of halogens is 1. The zero-order valence-electron chi connectivity index (χ0n) is 11.4. The zero-order chi connectivity index (χ0) is 15.5. The summed E-state index contributed by atoms with van der Waals surface area (Å²) in [4.78, 5) is 16.0. The van der Waals surface area contributed by atoms with Crippen LogP contribution in [-0.2, 0) is 0 Å². The fraction of sp³-hybridized carbons (Fsp3) is 0. The molecule has 22 heavy (non-hydrogen) atoms. The van der Waals surface area contributed by atoms with Crippen LogP contribution in [-0.4, -0.2) is 20.6 Å². The van der Waals surface area contributed by atoms with Gasteiger partial charge in [0.1, 0.15) is 11.6 Å². The van der Waals surface area contributed by atoms with Crippen molar-refractivity contribution >= 4 is 11.6 Å². The Morgan fingerprint density at radius 2 is 1.95 bits per heavy atom. The van der Waals surface area contributed by atoms with E-state index in [-0.39, 0.29) is 11.4 Å². The minimum Gasteiger partial charge on any atom is -0.508 e. The number of phenolic OH excluding ortho intramolecular Hbond substituents is 1. The topological polar surface area (TPSA) is 67.2 Å². The summed E-state index contributed by atoms with van der Waals surface area (Å²) < 4.78 is 15.4. The fourth-order valence-electron chi connectivity index (χ4n) is 2.00. The third-order valence-corrected chi connectivity index (χ3v) is 3.13. The van der Waals surface area contributed by atoms with E-state index in [1.54, 1.807) is 47.6 Å². The van der Waals surface area contributed by atoms with E-state index >= 15 is 0 Å². The second-order valence-electron chi connectivity index (χ2n) is 4.64. The van der Waals surface area contributed by atoms with Crippen LogP contribution >= 0.6 is 0 Å². The molecule has 2 N–H and O–H groups in total. The molecule has 0 fully saturated rings. The van der Waals surface area contributed by atoms with Gasteiger partial charge in [-0.15, -0.1) is 0 Å². The number of rotatable bonds is 3. The van der Waals surface area contributed by atoms with Crippen molar-refractivity contribution in [2.75, 3.05) is 5.32 Å². The van der Waals surface area contributed by atoms with Gasteiger partial charge >= 0.3 is 0 Å². The second-order valence-corrected chi connectivity index (χ2v) is 4.64. The van der Waals surface area contributed by atoms with E-state index in [0.717, 1.165) is 11.8 Å². The molecular weight excluding hydrogens is 285 g/mol. The van der Waals surface area contributed by atoms with E-state index in [1.165, 1.54) is 12.1 Å². The van der Waals surface area contributed by atoms with Crippen molar-refractivity contribution in [3.8, 4) is 11.4 Å². The number of aromatic nitrogens is 2. The van der Waals surface area contributed by atoms with E-state index in [1.807, 2.05) is 0 Å². The molecule has 1 heterocycles. The van der Waals surface area contributed by atoms with Crippen LogP contribution in [0.4, 0.5) is 10.1 Å². The van der Waals surface area contributed by atoms with Gasteiger partial charge in [0.15, 0.2) is 0 Å². The lowest BCUT2D eigenvalue weighted by Crippen LogP contribution is -2.13. The summed E-state index contributed by atoms with van der Waals surface area (Å²) in [5.41, 5.74) is 1.28. The van der Waals surface area contributed by atoms with Crippen LogP contribution in [0.2, 0.25) is 0 Å². The van der Waals surface area contributed by atoms with Gasteiger partial charge in [0.2, 0.25) is 0 Å². The molecule has 0 aliphatic heterocycles. The number of hydrogen-bond acceptors (Lipinski definition) is 3. The first kappa shape index (κ1) is 13.8. The van der Waals surface area contributed by atoms with Crippen LogP contribution in [0.1, 0.15) is 10.4 Å². The van der Waals surface area contributed by atoms with Crippen molar-refractivity contribution in [1.29, 1.82) is 0 Å². The number of carbonyl (C=O) groups excluding carboxylic acids is 1.